The lowest BCUT2D eigenvalue weighted by molar-refractivity contribution is 0.280. The van der Waals surface area contributed by atoms with Crippen molar-refractivity contribution in [2.45, 2.75) is 13.5 Å². The van der Waals surface area contributed by atoms with Crippen molar-refractivity contribution in [1.82, 2.24) is 10.2 Å². The SMILES string of the molecule is CCN(CCNCCSC)Cc1ccccc1. The van der Waals surface area contributed by atoms with E-state index in [0.29, 0.717) is 0 Å². The van der Waals surface area contributed by atoms with E-state index in [9.17, 15) is 0 Å². The van der Waals surface area contributed by atoms with Crippen LogP contribution in [0.2, 0.25) is 0 Å². The number of nitrogens with zero attached hydrogens (tertiary/aromatic N) is 1. The van der Waals surface area contributed by atoms with Gasteiger partial charge in [-0.25, -0.2) is 0 Å². The van der Waals surface area contributed by atoms with E-state index in [1.54, 1.807) is 0 Å². The van der Waals surface area contributed by atoms with E-state index < -0.39 is 0 Å². The van der Waals surface area contributed by atoms with E-state index in [0.717, 1.165) is 32.7 Å². The zero-order valence-electron chi connectivity index (χ0n) is 11.0. The summed E-state index contributed by atoms with van der Waals surface area (Å²) >= 11 is 1.89. The molecule has 1 aromatic carbocycles. The van der Waals surface area contributed by atoms with Crippen molar-refractivity contribution < 1.29 is 0 Å². The highest BCUT2D eigenvalue weighted by atomic mass is 32.2. The Balaban J connectivity index is 2.20. The third kappa shape index (κ3) is 6.71. The fourth-order valence-electron chi connectivity index (χ4n) is 1.73. The summed E-state index contributed by atoms with van der Waals surface area (Å²) in [5.41, 5.74) is 1.40. The Morgan fingerprint density at radius 2 is 1.94 bits per heavy atom. The fraction of sp³-hybridized carbons (Fsp3) is 0.571. The number of hydrogen-bond acceptors (Lipinski definition) is 3. The Morgan fingerprint density at radius 1 is 1.18 bits per heavy atom. The van der Waals surface area contributed by atoms with Gasteiger partial charge in [0.25, 0.3) is 0 Å². The van der Waals surface area contributed by atoms with E-state index >= 15 is 0 Å². The van der Waals surface area contributed by atoms with E-state index in [1.807, 2.05) is 11.8 Å². The number of thioether (sulfide) groups is 1. The van der Waals surface area contributed by atoms with Gasteiger partial charge in [-0.05, 0) is 18.4 Å². The zero-order valence-corrected chi connectivity index (χ0v) is 11.8. The lowest BCUT2D eigenvalue weighted by atomic mass is 10.2. The Kier molecular flexibility index (Phi) is 8.14. The van der Waals surface area contributed by atoms with Crippen molar-refractivity contribution in [2.24, 2.45) is 0 Å². The third-order valence-electron chi connectivity index (χ3n) is 2.78. The summed E-state index contributed by atoms with van der Waals surface area (Å²) in [6.07, 6.45) is 2.15. The highest BCUT2D eigenvalue weighted by Crippen LogP contribution is 2.03. The van der Waals surface area contributed by atoms with Gasteiger partial charge in [-0.15, -0.1) is 0 Å². The van der Waals surface area contributed by atoms with Gasteiger partial charge in [-0.1, -0.05) is 37.3 Å². The van der Waals surface area contributed by atoms with Crippen LogP contribution in [0.5, 0.6) is 0 Å². The number of nitrogens with one attached hydrogen (secondary N) is 1. The van der Waals surface area contributed by atoms with E-state index in [-0.39, 0.29) is 0 Å². The minimum absolute atomic E-state index is 1.06. The van der Waals surface area contributed by atoms with Gasteiger partial charge in [0, 0.05) is 31.9 Å². The first-order valence-corrected chi connectivity index (χ1v) is 7.72. The Labute approximate surface area is 110 Å². The molecule has 0 aliphatic carbocycles. The maximum absolute atomic E-state index is 3.47. The van der Waals surface area contributed by atoms with Crippen LogP contribution in [0, 0.1) is 0 Å². The van der Waals surface area contributed by atoms with Crippen LogP contribution in [0.25, 0.3) is 0 Å². The molecule has 1 rings (SSSR count). The molecule has 0 spiro atoms. The van der Waals surface area contributed by atoms with Crippen molar-refractivity contribution in [1.29, 1.82) is 0 Å². The molecule has 3 heteroatoms. The van der Waals surface area contributed by atoms with Gasteiger partial charge in [0.2, 0.25) is 0 Å². The van der Waals surface area contributed by atoms with Crippen molar-refractivity contribution in [3.05, 3.63) is 35.9 Å². The second-order valence-electron chi connectivity index (χ2n) is 4.10. The molecule has 0 heterocycles. The Morgan fingerprint density at radius 3 is 2.59 bits per heavy atom. The largest absolute Gasteiger partial charge is 0.315 e. The summed E-state index contributed by atoms with van der Waals surface area (Å²) in [5.74, 6) is 1.20. The predicted octanol–water partition coefficient (Wildman–Crippen LogP) is 2.46. The molecular formula is C14H24N2S. The molecule has 17 heavy (non-hydrogen) atoms. The molecule has 0 bridgehead atoms. The van der Waals surface area contributed by atoms with Gasteiger partial charge in [0.15, 0.2) is 0 Å². The second kappa shape index (κ2) is 9.51. The van der Waals surface area contributed by atoms with E-state index in [1.165, 1.54) is 11.3 Å². The van der Waals surface area contributed by atoms with Crippen molar-refractivity contribution in [3.8, 4) is 0 Å². The number of rotatable bonds is 9. The van der Waals surface area contributed by atoms with Gasteiger partial charge in [-0.3, -0.25) is 4.90 Å². The summed E-state index contributed by atoms with van der Waals surface area (Å²) < 4.78 is 0. The normalized spacial score (nSPS) is 11.0. The molecule has 0 fully saturated rings. The highest BCUT2D eigenvalue weighted by Gasteiger charge is 2.02. The maximum atomic E-state index is 3.47. The summed E-state index contributed by atoms with van der Waals surface area (Å²) in [6.45, 7) is 7.72. The summed E-state index contributed by atoms with van der Waals surface area (Å²) in [5, 5.41) is 3.47. The minimum Gasteiger partial charge on any atom is -0.315 e. The first-order chi connectivity index (χ1) is 8.36. The van der Waals surface area contributed by atoms with Gasteiger partial charge >= 0.3 is 0 Å². The van der Waals surface area contributed by atoms with Crippen LogP contribution in [-0.2, 0) is 6.54 Å². The van der Waals surface area contributed by atoms with Crippen LogP contribution in [-0.4, -0.2) is 43.1 Å². The van der Waals surface area contributed by atoms with Crippen LogP contribution in [0.1, 0.15) is 12.5 Å². The first kappa shape index (κ1) is 14.6. The standard InChI is InChI=1S/C14H24N2S/c1-3-16(11-9-15-10-12-17-2)13-14-7-5-4-6-8-14/h4-8,15H,3,9-13H2,1-2H3. The van der Waals surface area contributed by atoms with E-state index in [2.05, 4.69) is 53.7 Å². The molecule has 1 aromatic rings. The summed E-state index contributed by atoms with van der Waals surface area (Å²) in [7, 11) is 0. The van der Waals surface area contributed by atoms with Crippen LogP contribution in [0.15, 0.2) is 30.3 Å². The molecule has 0 amide bonds. The molecule has 0 saturated heterocycles. The second-order valence-corrected chi connectivity index (χ2v) is 5.08. The van der Waals surface area contributed by atoms with Gasteiger partial charge in [0.1, 0.15) is 0 Å². The predicted molar refractivity (Wildman–Crippen MR) is 78.6 cm³/mol. The van der Waals surface area contributed by atoms with Crippen LogP contribution in [0.4, 0.5) is 0 Å². The fourth-order valence-corrected chi connectivity index (χ4v) is 2.08. The van der Waals surface area contributed by atoms with Gasteiger partial charge in [-0.2, -0.15) is 11.8 Å². The summed E-state index contributed by atoms with van der Waals surface area (Å²) in [6, 6.07) is 10.7. The lowest BCUT2D eigenvalue weighted by Crippen LogP contribution is -2.32. The molecule has 1 N–H and O–H groups in total. The first-order valence-electron chi connectivity index (χ1n) is 6.32. The molecule has 0 aliphatic rings. The minimum atomic E-state index is 1.06. The van der Waals surface area contributed by atoms with Crippen LogP contribution in [0.3, 0.4) is 0 Å². The van der Waals surface area contributed by atoms with Crippen LogP contribution < -0.4 is 5.32 Å². The third-order valence-corrected chi connectivity index (χ3v) is 3.40. The smallest absolute Gasteiger partial charge is 0.0234 e. The Hall–Kier alpha value is -0.510. The molecule has 0 aliphatic heterocycles. The molecule has 96 valence electrons. The Bertz CT molecular complexity index is 277. The maximum Gasteiger partial charge on any atom is 0.0234 e. The average molecular weight is 252 g/mol. The zero-order chi connectivity index (χ0) is 12.3. The van der Waals surface area contributed by atoms with Crippen molar-refractivity contribution >= 4 is 11.8 Å². The average Bonchev–Trinajstić information content (AvgIpc) is 2.38. The number of hydrogen-bond donors (Lipinski definition) is 1. The summed E-state index contributed by atoms with van der Waals surface area (Å²) in [4.78, 5) is 2.47. The van der Waals surface area contributed by atoms with Gasteiger partial charge < -0.3 is 5.32 Å². The quantitative estimate of drug-likeness (QED) is 0.680. The van der Waals surface area contributed by atoms with Gasteiger partial charge in [0.05, 0.1) is 0 Å². The molecule has 0 unspecified atom stereocenters. The van der Waals surface area contributed by atoms with Crippen LogP contribution >= 0.6 is 11.8 Å². The number of benzene rings is 1. The molecular weight excluding hydrogens is 228 g/mol. The molecule has 0 radical (unpaired) electrons. The molecule has 2 nitrogen and oxygen atoms in total. The van der Waals surface area contributed by atoms with Crippen molar-refractivity contribution in [2.75, 3.05) is 38.2 Å². The molecule has 0 atom stereocenters. The monoisotopic (exact) mass is 252 g/mol. The topological polar surface area (TPSA) is 15.3 Å². The lowest BCUT2D eigenvalue weighted by Gasteiger charge is -2.20. The molecule has 0 aromatic heterocycles. The van der Waals surface area contributed by atoms with E-state index in [4.69, 9.17) is 0 Å². The highest BCUT2D eigenvalue weighted by molar-refractivity contribution is 7.98. The van der Waals surface area contributed by atoms with Crippen molar-refractivity contribution in [3.63, 3.8) is 0 Å². The number of likely N-dealkylation sites (N-methyl/N-ethyl adjacent to an activating group) is 1. The molecule has 0 saturated carbocycles.